The minimum atomic E-state index is -0.484. The third-order valence-corrected chi connectivity index (χ3v) is 5.02. The molecule has 0 atom stereocenters. The number of aromatic nitrogens is 4. The van der Waals surface area contributed by atoms with Gasteiger partial charge in [0.25, 0.3) is 5.56 Å². The molecule has 8 nitrogen and oxygen atoms in total. The first kappa shape index (κ1) is 21.8. The molecule has 0 amide bonds. The molecule has 0 unspecified atom stereocenters. The van der Waals surface area contributed by atoms with Crippen LogP contribution >= 0.6 is 11.6 Å². The molecule has 0 bridgehead atoms. The van der Waals surface area contributed by atoms with Crippen molar-refractivity contribution < 1.29 is 9.53 Å². The zero-order valence-electron chi connectivity index (χ0n) is 17.1. The number of fused-ring (bicyclic) bond motifs is 1. The van der Waals surface area contributed by atoms with Crippen molar-refractivity contribution in [2.24, 2.45) is 0 Å². The first-order valence-electron chi connectivity index (χ1n) is 10.1. The average Bonchev–Trinajstić information content (AvgIpc) is 3.07. The molecule has 9 heteroatoms. The molecule has 0 radical (unpaired) electrons. The summed E-state index contributed by atoms with van der Waals surface area (Å²) in [5.41, 5.74) is 0.484. The van der Waals surface area contributed by atoms with E-state index in [1.807, 2.05) is 13.8 Å². The van der Waals surface area contributed by atoms with Gasteiger partial charge in [-0.3, -0.25) is 19.1 Å². The number of carbonyl (C=O) groups excluding carboxylic acids is 1. The molecule has 160 valence electrons. The van der Waals surface area contributed by atoms with Crippen LogP contribution in [0.15, 0.2) is 33.9 Å². The second-order valence-electron chi connectivity index (χ2n) is 7.08. The first-order valence-corrected chi connectivity index (χ1v) is 10.4. The van der Waals surface area contributed by atoms with Gasteiger partial charge >= 0.3 is 11.7 Å². The zero-order chi connectivity index (χ0) is 21.7. The van der Waals surface area contributed by atoms with Crippen molar-refractivity contribution >= 4 is 28.7 Å². The van der Waals surface area contributed by atoms with Gasteiger partial charge in [-0.1, -0.05) is 44.0 Å². The lowest BCUT2D eigenvalue weighted by Crippen LogP contribution is -2.31. The molecule has 0 aliphatic rings. The van der Waals surface area contributed by atoms with Gasteiger partial charge in [0.2, 0.25) is 0 Å². The molecule has 1 N–H and O–H groups in total. The lowest BCUT2D eigenvalue weighted by molar-refractivity contribution is -0.144. The Morgan fingerprint density at radius 2 is 1.83 bits per heavy atom. The lowest BCUT2D eigenvalue weighted by Gasteiger charge is -2.08. The Kier molecular flexibility index (Phi) is 7.10. The molecule has 0 saturated carbocycles. The molecule has 0 fully saturated rings. The lowest BCUT2D eigenvalue weighted by atomic mass is 10.1. The van der Waals surface area contributed by atoms with E-state index in [2.05, 4.69) is 9.97 Å². The fourth-order valence-corrected chi connectivity index (χ4v) is 3.41. The molecule has 0 spiro atoms. The van der Waals surface area contributed by atoms with Gasteiger partial charge in [0.05, 0.1) is 6.42 Å². The summed E-state index contributed by atoms with van der Waals surface area (Å²) < 4.78 is 8.62. The van der Waals surface area contributed by atoms with Gasteiger partial charge in [-0.05, 0) is 30.5 Å². The first-order chi connectivity index (χ1) is 14.4. The molecule has 30 heavy (non-hydrogen) atoms. The summed E-state index contributed by atoms with van der Waals surface area (Å²) in [6, 6.07) is 6.96. The molecule has 2 aromatic heterocycles. The van der Waals surface area contributed by atoms with Crippen LogP contribution in [0.25, 0.3) is 11.2 Å². The van der Waals surface area contributed by atoms with Crippen molar-refractivity contribution in [3.63, 3.8) is 0 Å². The van der Waals surface area contributed by atoms with E-state index in [4.69, 9.17) is 16.3 Å². The number of benzene rings is 1. The van der Waals surface area contributed by atoms with Crippen LogP contribution in [0.4, 0.5) is 0 Å². The number of rotatable bonds is 9. The fraction of sp³-hybridized carbons (Fsp3) is 0.429. The van der Waals surface area contributed by atoms with Gasteiger partial charge in [-0.15, -0.1) is 0 Å². The second-order valence-corrected chi connectivity index (χ2v) is 7.52. The van der Waals surface area contributed by atoms with E-state index in [0.717, 1.165) is 24.8 Å². The smallest absolute Gasteiger partial charge is 0.330 e. The van der Waals surface area contributed by atoms with Crippen LogP contribution in [0.5, 0.6) is 0 Å². The topological polar surface area (TPSA) is 99.0 Å². The van der Waals surface area contributed by atoms with Gasteiger partial charge < -0.3 is 9.30 Å². The number of hydrogen-bond acceptors (Lipinski definition) is 5. The zero-order valence-corrected chi connectivity index (χ0v) is 17.9. The standard InChI is InChI=1S/C21H25ClN4O4/c1-3-5-11-26-19-18(20(28)24-21(26)29)25(10-4-2)16(23-19)13-30-17(27)12-14-6-8-15(22)9-7-14/h6-9H,3-5,10-13H2,1-2H3,(H,24,28,29). The Morgan fingerprint density at radius 1 is 1.10 bits per heavy atom. The van der Waals surface area contributed by atoms with Crippen molar-refractivity contribution in [2.45, 2.75) is 59.2 Å². The fourth-order valence-electron chi connectivity index (χ4n) is 3.28. The van der Waals surface area contributed by atoms with Gasteiger partial charge in [-0.2, -0.15) is 0 Å². The summed E-state index contributed by atoms with van der Waals surface area (Å²) in [6.45, 7) is 4.90. The number of unbranched alkanes of at least 4 members (excludes halogenated alkanes) is 1. The Morgan fingerprint density at radius 3 is 2.50 bits per heavy atom. The number of halogens is 1. The number of H-pyrrole nitrogens is 1. The van der Waals surface area contributed by atoms with E-state index < -0.39 is 17.2 Å². The maximum Gasteiger partial charge on any atom is 0.330 e. The van der Waals surface area contributed by atoms with E-state index in [0.29, 0.717) is 35.1 Å². The summed E-state index contributed by atoms with van der Waals surface area (Å²) in [7, 11) is 0. The van der Waals surface area contributed by atoms with Crippen molar-refractivity contribution in [3.8, 4) is 0 Å². The predicted octanol–water partition coefficient (Wildman–Crippen LogP) is 3.04. The number of aromatic amines is 1. The van der Waals surface area contributed by atoms with Crippen molar-refractivity contribution in [1.29, 1.82) is 0 Å². The quantitative estimate of drug-likeness (QED) is 0.524. The highest BCUT2D eigenvalue weighted by Gasteiger charge is 2.19. The third-order valence-electron chi connectivity index (χ3n) is 4.77. The number of ether oxygens (including phenoxy) is 1. The van der Waals surface area contributed by atoms with Crippen molar-refractivity contribution in [3.05, 3.63) is 61.5 Å². The summed E-state index contributed by atoms with van der Waals surface area (Å²) in [5, 5.41) is 0.597. The number of hydrogen-bond donors (Lipinski definition) is 1. The van der Waals surface area contributed by atoms with Crippen LogP contribution < -0.4 is 11.2 Å². The Balaban J connectivity index is 1.88. The van der Waals surface area contributed by atoms with Crippen LogP contribution in [-0.4, -0.2) is 25.1 Å². The second kappa shape index (κ2) is 9.75. The highest BCUT2D eigenvalue weighted by Crippen LogP contribution is 2.15. The van der Waals surface area contributed by atoms with Gasteiger partial charge in [0, 0.05) is 18.1 Å². The van der Waals surface area contributed by atoms with E-state index in [1.54, 1.807) is 28.8 Å². The Bertz CT molecular complexity index is 1140. The molecule has 0 aliphatic carbocycles. The minimum absolute atomic E-state index is 0.0808. The van der Waals surface area contributed by atoms with E-state index >= 15 is 0 Å². The number of imidazole rings is 1. The average molecular weight is 433 g/mol. The van der Waals surface area contributed by atoms with Crippen molar-refractivity contribution in [1.82, 2.24) is 19.1 Å². The van der Waals surface area contributed by atoms with Gasteiger partial charge in [-0.25, -0.2) is 9.78 Å². The van der Waals surface area contributed by atoms with Crippen LogP contribution in [-0.2, 0) is 35.6 Å². The highest BCUT2D eigenvalue weighted by molar-refractivity contribution is 6.30. The summed E-state index contributed by atoms with van der Waals surface area (Å²) in [6.07, 6.45) is 2.54. The van der Waals surface area contributed by atoms with Crippen LogP contribution in [0.2, 0.25) is 5.02 Å². The molecular weight excluding hydrogens is 408 g/mol. The Labute approximate surface area is 178 Å². The molecule has 1 aromatic carbocycles. The minimum Gasteiger partial charge on any atom is -0.457 e. The van der Waals surface area contributed by atoms with E-state index in [9.17, 15) is 14.4 Å². The number of nitrogens with zero attached hydrogens (tertiary/aromatic N) is 3. The maximum atomic E-state index is 12.5. The summed E-state index contributed by atoms with van der Waals surface area (Å²) in [4.78, 5) is 43.9. The Hall–Kier alpha value is -2.87. The largest absolute Gasteiger partial charge is 0.457 e. The third kappa shape index (κ3) is 4.81. The normalized spacial score (nSPS) is 11.2. The monoisotopic (exact) mass is 432 g/mol. The SMILES string of the molecule is CCCCn1c(=O)[nH]c(=O)c2c1nc(COC(=O)Cc1ccc(Cl)cc1)n2CCC. The maximum absolute atomic E-state index is 12.5. The van der Waals surface area contributed by atoms with Crippen molar-refractivity contribution in [2.75, 3.05) is 0 Å². The van der Waals surface area contributed by atoms with E-state index in [-0.39, 0.29) is 13.0 Å². The molecular formula is C21H25ClN4O4. The van der Waals surface area contributed by atoms with Crippen LogP contribution in [0, 0.1) is 0 Å². The number of esters is 1. The van der Waals surface area contributed by atoms with Gasteiger partial charge in [0.15, 0.2) is 11.2 Å². The molecule has 3 aromatic rings. The molecule has 0 saturated heterocycles. The number of nitrogens with one attached hydrogen (secondary N) is 1. The highest BCUT2D eigenvalue weighted by atomic mass is 35.5. The molecule has 2 heterocycles. The number of carbonyl (C=O) groups is 1. The predicted molar refractivity (Wildman–Crippen MR) is 115 cm³/mol. The molecule has 0 aliphatic heterocycles. The van der Waals surface area contributed by atoms with E-state index in [1.165, 1.54) is 4.57 Å². The van der Waals surface area contributed by atoms with Gasteiger partial charge in [0.1, 0.15) is 12.4 Å². The number of aryl methyl sites for hydroxylation is 2. The summed E-state index contributed by atoms with van der Waals surface area (Å²) in [5.74, 6) is 0.0300. The van der Waals surface area contributed by atoms with Crippen LogP contribution in [0.1, 0.15) is 44.5 Å². The summed E-state index contributed by atoms with van der Waals surface area (Å²) >= 11 is 5.86. The molecule has 3 rings (SSSR count). The van der Waals surface area contributed by atoms with Crippen LogP contribution in [0.3, 0.4) is 0 Å².